The molecule has 49 heavy (non-hydrogen) atoms. The molecule has 3 aliphatic rings. The Labute approximate surface area is 283 Å². The molecule has 0 saturated carbocycles. The molecule has 3 heterocycles. The van der Waals surface area contributed by atoms with Gasteiger partial charge in [0.05, 0.1) is 12.0 Å². The van der Waals surface area contributed by atoms with E-state index in [1.54, 1.807) is 12.1 Å². The number of ether oxygens (including phenoxy) is 2. The Hall–Kier alpha value is -5.47. The van der Waals surface area contributed by atoms with Crippen molar-refractivity contribution in [3.8, 4) is 0 Å². The highest BCUT2D eigenvalue weighted by atomic mass is 16.6. The number of carbonyl (C=O) groups excluding carboxylic acids is 6. The van der Waals surface area contributed by atoms with Crippen molar-refractivity contribution in [2.24, 2.45) is 22.4 Å². The van der Waals surface area contributed by atoms with Crippen molar-refractivity contribution >= 4 is 47.7 Å². The van der Waals surface area contributed by atoms with E-state index in [1.807, 2.05) is 30.3 Å². The summed E-state index contributed by atoms with van der Waals surface area (Å²) in [6.07, 6.45) is 0.501. The smallest absolute Gasteiger partial charge is 0.410 e. The van der Waals surface area contributed by atoms with Crippen LogP contribution in [0, 0.1) is 5.92 Å². The molecule has 2 saturated heterocycles. The van der Waals surface area contributed by atoms with Gasteiger partial charge in [0.1, 0.15) is 12.6 Å². The molecule has 2 bridgehead atoms. The van der Waals surface area contributed by atoms with Gasteiger partial charge in [-0.1, -0.05) is 36.4 Å². The zero-order valence-corrected chi connectivity index (χ0v) is 27.0. The summed E-state index contributed by atoms with van der Waals surface area (Å²) in [5, 5.41) is 5.44. The van der Waals surface area contributed by atoms with Crippen LogP contribution in [0.15, 0.2) is 53.5 Å². The van der Waals surface area contributed by atoms with Crippen LogP contribution in [-0.2, 0) is 35.3 Å². The van der Waals surface area contributed by atoms with Crippen LogP contribution in [0.4, 0.5) is 10.5 Å². The predicted octanol–water partition coefficient (Wildman–Crippen LogP) is 1.61. The molecule has 2 fully saturated rings. The number of guanidine groups is 1. The second-order valence-corrected chi connectivity index (χ2v) is 12.3. The second-order valence-electron chi connectivity index (χ2n) is 12.3. The Bertz CT molecular complexity index is 1600. The molecule has 15 nitrogen and oxygen atoms in total. The molecule has 0 aliphatic carbocycles. The number of nitrogens with two attached hydrogens (primary N) is 2. The number of aliphatic imine (C=N–C) groups is 1. The minimum absolute atomic E-state index is 0.0856. The minimum Gasteiger partial charge on any atom is -0.451 e. The van der Waals surface area contributed by atoms with Gasteiger partial charge in [0.2, 0.25) is 11.8 Å². The number of rotatable bonds is 14. The number of fused-ring (bicyclic) bond motifs is 2. The van der Waals surface area contributed by atoms with Gasteiger partial charge in [0, 0.05) is 43.0 Å². The van der Waals surface area contributed by atoms with E-state index in [2.05, 4.69) is 15.6 Å². The van der Waals surface area contributed by atoms with Gasteiger partial charge in [-0.05, 0) is 56.2 Å². The highest BCUT2D eigenvalue weighted by Crippen LogP contribution is 2.36. The van der Waals surface area contributed by atoms with Crippen LogP contribution >= 0.6 is 0 Å². The molecule has 2 aromatic carbocycles. The van der Waals surface area contributed by atoms with Crippen LogP contribution in [0.1, 0.15) is 66.1 Å². The lowest BCUT2D eigenvalue weighted by Gasteiger charge is -2.35. The minimum atomic E-state index is -1.48. The Balaban J connectivity index is 1.27. The fourth-order valence-electron chi connectivity index (χ4n) is 6.61. The largest absolute Gasteiger partial charge is 0.451 e. The second kappa shape index (κ2) is 16.1. The summed E-state index contributed by atoms with van der Waals surface area (Å²) in [6, 6.07) is 12.0. The van der Waals surface area contributed by atoms with Crippen molar-refractivity contribution in [2.45, 2.75) is 63.3 Å². The summed E-state index contributed by atoms with van der Waals surface area (Å²) in [5.74, 6) is -2.53. The number of nitrogens with one attached hydrogen (secondary N) is 2. The SMILES string of the molecule is NC(N)=NCCC[C@H](NC(=O)[C@@H]1CCCN1C(=O)C1CCCN(C(=O)OCc2ccccc2)C1)C(=O)C(OC=O)c1c2cccc1C(=O)N2. The number of likely N-dealkylation sites (tertiary alicyclic amines) is 2. The first kappa shape index (κ1) is 34.9. The third-order valence-corrected chi connectivity index (χ3v) is 8.99. The molecule has 2 aromatic rings. The van der Waals surface area contributed by atoms with Gasteiger partial charge in [0.15, 0.2) is 17.8 Å². The molecular weight excluding hydrogens is 634 g/mol. The zero-order valence-electron chi connectivity index (χ0n) is 27.0. The highest BCUT2D eigenvalue weighted by Gasteiger charge is 2.42. The Morgan fingerprint density at radius 2 is 1.82 bits per heavy atom. The number of hydrogen-bond donors (Lipinski definition) is 4. The Kier molecular flexibility index (Phi) is 11.4. The maximum atomic E-state index is 14.0. The first-order valence-electron chi connectivity index (χ1n) is 16.4. The fraction of sp³-hybridized carbons (Fsp3) is 0.441. The molecule has 4 amide bonds. The van der Waals surface area contributed by atoms with Crippen LogP contribution in [0.2, 0.25) is 0 Å². The topological polar surface area (TPSA) is 216 Å². The molecule has 2 unspecified atom stereocenters. The van der Waals surface area contributed by atoms with Crippen molar-refractivity contribution in [1.29, 1.82) is 0 Å². The molecule has 0 spiro atoms. The van der Waals surface area contributed by atoms with E-state index in [-0.39, 0.29) is 55.6 Å². The summed E-state index contributed by atoms with van der Waals surface area (Å²) >= 11 is 0. The quantitative estimate of drug-likeness (QED) is 0.0982. The number of benzene rings is 2. The maximum Gasteiger partial charge on any atom is 0.410 e. The summed E-state index contributed by atoms with van der Waals surface area (Å²) < 4.78 is 10.7. The van der Waals surface area contributed by atoms with Crippen LogP contribution in [0.3, 0.4) is 0 Å². The van der Waals surface area contributed by atoms with E-state index < -0.39 is 47.8 Å². The summed E-state index contributed by atoms with van der Waals surface area (Å²) in [4.78, 5) is 85.5. The number of hydrogen-bond acceptors (Lipinski definition) is 9. The van der Waals surface area contributed by atoms with Crippen molar-refractivity contribution < 1.29 is 38.2 Å². The maximum absolute atomic E-state index is 14.0. The number of ketones is 1. The average molecular weight is 676 g/mol. The number of anilines is 1. The molecule has 3 aliphatic heterocycles. The molecule has 260 valence electrons. The first-order valence-corrected chi connectivity index (χ1v) is 16.4. The van der Waals surface area contributed by atoms with Crippen LogP contribution in [0.25, 0.3) is 0 Å². The van der Waals surface area contributed by atoms with Crippen molar-refractivity contribution in [1.82, 2.24) is 15.1 Å². The number of nitrogens with zero attached hydrogens (tertiary/aromatic N) is 3. The standard InChI is InChI=1S/C34H41N7O8/c35-33(36)37-15-5-13-25(28(43)29(49-20-42)27-23-11-4-12-24(27)38-30(23)44)39-31(45)26-14-7-17-41(26)32(46)22-10-6-16-40(18-22)34(47)48-19-21-8-2-1-3-9-21/h1-4,8-9,11-12,20,22,25-26,29H,5-7,10,13-19H2,(H,38,44)(H,39,45)(H4,35,36,37)/t22?,25-,26-,29?/m0/s1. The summed E-state index contributed by atoms with van der Waals surface area (Å²) in [7, 11) is 0. The summed E-state index contributed by atoms with van der Waals surface area (Å²) in [5.41, 5.74) is 12.5. The molecule has 15 heteroatoms. The lowest BCUT2D eigenvalue weighted by Crippen LogP contribution is -2.54. The predicted molar refractivity (Wildman–Crippen MR) is 177 cm³/mol. The van der Waals surface area contributed by atoms with Gasteiger partial charge < -0.3 is 41.4 Å². The van der Waals surface area contributed by atoms with E-state index >= 15 is 0 Å². The third kappa shape index (κ3) is 8.34. The van der Waals surface area contributed by atoms with Gasteiger partial charge in [-0.25, -0.2) is 4.79 Å². The van der Waals surface area contributed by atoms with Crippen molar-refractivity contribution in [3.63, 3.8) is 0 Å². The zero-order chi connectivity index (χ0) is 34.9. The Morgan fingerprint density at radius 1 is 1.04 bits per heavy atom. The molecule has 4 atom stereocenters. The van der Waals surface area contributed by atoms with Crippen LogP contribution in [0.5, 0.6) is 0 Å². The molecule has 0 aromatic heterocycles. The van der Waals surface area contributed by atoms with Gasteiger partial charge in [-0.15, -0.1) is 0 Å². The summed E-state index contributed by atoms with van der Waals surface area (Å²) in [6.45, 7) is 1.38. The third-order valence-electron chi connectivity index (χ3n) is 8.99. The monoisotopic (exact) mass is 675 g/mol. The fourth-order valence-corrected chi connectivity index (χ4v) is 6.61. The van der Waals surface area contributed by atoms with Crippen LogP contribution in [-0.4, -0.2) is 90.1 Å². The highest BCUT2D eigenvalue weighted by molar-refractivity contribution is 6.13. The molecule has 6 N–H and O–H groups in total. The number of amides is 4. The van der Waals surface area contributed by atoms with Gasteiger partial charge in [-0.2, -0.15) is 0 Å². The van der Waals surface area contributed by atoms with E-state index in [0.717, 1.165) is 5.56 Å². The average Bonchev–Trinajstić information content (AvgIpc) is 3.67. The lowest BCUT2D eigenvalue weighted by atomic mass is 9.93. The molecular formula is C34H41N7O8. The molecule has 0 radical (unpaired) electrons. The first-order chi connectivity index (χ1) is 23.7. The van der Waals surface area contributed by atoms with E-state index in [4.69, 9.17) is 20.9 Å². The van der Waals surface area contributed by atoms with Gasteiger partial charge >= 0.3 is 6.09 Å². The van der Waals surface area contributed by atoms with E-state index in [0.29, 0.717) is 50.9 Å². The normalized spacial score (nSPS) is 19.3. The lowest BCUT2D eigenvalue weighted by molar-refractivity contribution is -0.147. The van der Waals surface area contributed by atoms with E-state index in [9.17, 15) is 28.8 Å². The van der Waals surface area contributed by atoms with Gasteiger partial charge in [-0.3, -0.25) is 29.0 Å². The van der Waals surface area contributed by atoms with E-state index in [1.165, 1.54) is 15.9 Å². The Morgan fingerprint density at radius 3 is 2.55 bits per heavy atom. The van der Waals surface area contributed by atoms with Crippen molar-refractivity contribution in [3.05, 3.63) is 65.2 Å². The number of Topliss-reactive ketones (excluding diaryl/α,β-unsaturated/α-hetero) is 1. The number of carbonyl (C=O) groups is 6. The van der Waals surface area contributed by atoms with Crippen LogP contribution < -0.4 is 22.1 Å². The number of piperidine rings is 1. The molecule has 5 rings (SSSR count). The van der Waals surface area contributed by atoms with Crippen molar-refractivity contribution in [2.75, 3.05) is 31.5 Å². The van der Waals surface area contributed by atoms with Gasteiger partial charge in [0.25, 0.3) is 12.4 Å².